The average Bonchev–Trinajstić information content (AvgIpc) is 2.36. The van der Waals surface area contributed by atoms with Crippen LogP contribution < -0.4 is 0 Å². The molecule has 1 fully saturated rings. The van der Waals surface area contributed by atoms with Gasteiger partial charge in [0.05, 0.1) is 0 Å². The molecule has 0 radical (unpaired) electrons. The molecule has 12 heavy (non-hydrogen) atoms. The highest BCUT2D eigenvalue weighted by molar-refractivity contribution is 6.52. The van der Waals surface area contributed by atoms with Crippen LogP contribution >= 0.6 is 23.2 Å². The molecule has 4 heteroatoms. The van der Waals surface area contributed by atoms with Gasteiger partial charge in [-0.1, -0.05) is 30.1 Å². The van der Waals surface area contributed by atoms with Gasteiger partial charge in [-0.25, -0.2) is 4.79 Å². The Morgan fingerprint density at radius 1 is 1.50 bits per heavy atom. The van der Waals surface area contributed by atoms with Gasteiger partial charge in [0.1, 0.15) is 6.10 Å². The Balaban J connectivity index is 2.35. The SMILES string of the molecule is C[C@H]1CCC[C@@H]1OC(=O)C(Cl)Cl. The van der Waals surface area contributed by atoms with Crippen molar-refractivity contribution >= 4 is 29.2 Å². The van der Waals surface area contributed by atoms with Crippen molar-refractivity contribution in [1.82, 2.24) is 0 Å². The predicted octanol–water partition coefficient (Wildman–Crippen LogP) is 2.52. The molecule has 1 aliphatic rings. The van der Waals surface area contributed by atoms with E-state index in [1.807, 2.05) is 0 Å². The van der Waals surface area contributed by atoms with Crippen molar-refractivity contribution < 1.29 is 9.53 Å². The Morgan fingerprint density at radius 2 is 2.17 bits per heavy atom. The van der Waals surface area contributed by atoms with E-state index < -0.39 is 10.8 Å². The number of esters is 1. The standard InChI is InChI=1S/C8H12Cl2O2/c1-5-3-2-4-6(5)12-8(11)7(9)10/h5-7H,2-4H2,1H3/t5-,6-/m0/s1. The summed E-state index contributed by atoms with van der Waals surface area (Å²) in [7, 11) is 0. The summed E-state index contributed by atoms with van der Waals surface area (Å²) in [6.45, 7) is 2.07. The largest absolute Gasteiger partial charge is 0.460 e. The topological polar surface area (TPSA) is 26.3 Å². The van der Waals surface area contributed by atoms with Crippen LogP contribution in [0.25, 0.3) is 0 Å². The summed E-state index contributed by atoms with van der Waals surface area (Å²) in [5.41, 5.74) is 0. The van der Waals surface area contributed by atoms with Crippen LogP contribution in [0.15, 0.2) is 0 Å². The molecule has 0 saturated heterocycles. The lowest BCUT2D eigenvalue weighted by Gasteiger charge is -2.16. The zero-order valence-electron chi connectivity index (χ0n) is 6.93. The number of ether oxygens (including phenoxy) is 1. The highest BCUT2D eigenvalue weighted by Crippen LogP contribution is 2.28. The molecule has 1 aliphatic carbocycles. The van der Waals surface area contributed by atoms with Gasteiger partial charge < -0.3 is 4.74 Å². The summed E-state index contributed by atoms with van der Waals surface area (Å²) in [4.78, 5) is 9.91. The number of hydrogen-bond donors (Lipinski definition) is 0. The number of alkyl halides is 2. The fraction of sp³-hybridized carbons (Fsp3) is 0.875. The van der Waals surface area contributed by atoms with Gasteiger partial charge >= 0.3 is 5.97 Å². The molecule has 0 bridgehead atoms. The van der Waals surface area contributed by atoms with Crippen molar-refractivity contribution in [2.45, 2.75) is 37.1 Å². The van der Waals surface area contributed by atoms with Crippen LogP contribution in [0, 0.1) is 5.92 Å². The van der Waals surface area contributed by atoms with E-state index >= 15 is 0 Å². The van der Waals surface area contributed by atoms with Crippen molar-refractivity contribution in [3.8, 4) is 0 Å². The van der Waals surface area contributed by atoms with Gasteiger partial charge in [0.2, 0.25) is 4.84 Å². The van der Waals surface area contributed by atoms with Gasteiger partial charge in [0.15, 0.2) is 0 Å². The van der Waals surface area contributed by atoms with E-state index in [0.717, 1.165) is 19.3 Å². The molecule has 1 rings (SSSR count). The van der Waals surface area contributed by atoms with Crippen molar-refractivity contribution in [3.63, 3.8) is 0 Å². The van der Waals surface area contributed by atoms with Gasteiger partial charge in [-0.05, 0) is 25.2 Å². The Kier molecular flexibility index (Phi) is 3.66. The van der Waals surface area contributed by atoms with Crippen LogP contribution in [0.2, 0.25) is 0 Å². The number of carbonyl (C=O) groups excluding carboxylic acids is 1. The summed E-state index contributed by atoms with van der Waals surface area (Å²) < 4.78 is 5.08. The monoisotopic (exact) mass is 210 g/mol. The van der Waals surface area contributed by atoms with Gasteiger partial charge in [-0.15, -0.1) is 0 Å². The van der Waals surface area contributed by atoms with Crippen molar-refractivity contribution in [1.29, 1.82) is 0 Å². The highest BCUT2D eigenvalue weighted by Gasteiger charge is 2.28. The second-order valence-electron chi connectivity index (χ2n) is 3.18. The van der Waals surface area contributed by atoms with Crippen LogP contribution in [0.4, 0.5) is 0 Å². The van der Waals surface area contributed by atoms with Gasteiger partial charge in [-0.3, -0.25) is 0 Å². The molecule has 0 heterocycles. The molecular weight excluding hydrogens is 199 g/mol. The highest BCUT2D eigenvalue weighted by atomic mass is 35.5. The molecule has 0 aromatic heterocycles. The van der Waals surface area contributed by atoms with E-state index in [9.17, 15) is 4.79 Å². The van der Waals surface area contributed by atoms with E-state index in [0.29, 0.717) is 5.92 Å². The maximum absolute atomic E-state index is 11.0. The third kappa shape index (κ3) is 2.53. The maximum Gasteiger partial charge on any atom is 0.339 e. The first-order valence-electron chi connectivity index (χ1n) is 4.10. The number of rotatable bonds is 2. The van der Waals surface area contributed by atoms with Crippen LogP contribution in [0.5, 0.6) is 0 Å². The molecule has 2 nitrogen and oxygen atoms in total. The quantitative estimate of drug-likeness (QED) is 0.518. The number of halogens is 2. The maximum atomic E-state index is 11.0. The Labute approximate surface area is 82.2 Å². The first-order chi connectivity index (χ1) is 5.61. The minimum absolute atomic E-state index is 0.0255. The molecule has 1 saturated carbocycles. The number of hydrogen-bond acceptors (Lipinski definition) is 2. The van der Waals surface area contributed by atoms with Gasteiger partial charge in [-0.2, -0.15) is 0 Å². The molecular formula is C8H12Cl2O2. The van der Waals surface area contributed by atoms with Gasteiger partial charge in [0, 0.05) is 0 Å². The second kappa shape index (κ2) is 4.33. The molecule has 0 aromatic rings. The molecule has 0 unspecified atom stereocenters. The molecule has 0 aliphatic heterocycles. The van der Waals surface area contributed by atoms with E-state index in [2.05, 4.69) is 6.92 Å². The fourth-order valence-corrected chi connectivity index (χ4v) is 1.59. The Bertz CT molecular complexity index is 170. The lowest BCUT2D eigenvalue weighted by Crippen LogP contribution is -2.23. The van der Waals surface area contributed by atoms with Crippen molar-refractivity contribution in [3.05, 3.63) is 0 Å². The minimum atomic E-state index is -1.04. The van der Waals surface area contributed by atoms with E-state index in [1.54, 1.807) is 0 Å². The van der Waals surface area contributed by atoms with Crippen LogP contribution in [0.1, 0.15) is 26.2 Å². The first-order valence-corrected chi connectivity index (χ1v) is 4.97. The molecule has 0 aromatic carbocycles. The molecule has 0 N–H and O–H groups in total. The van der Waals surface area contributed by atoms with Crippen molar-refractivity contribution in [2.75, 3.05) is 0 Å². The smallest absolute Gasteiger partial charge is 0.339 e. The molecule has 0 spiro atoms. The minimum Gasteiger partial charge on any atom is -0.460 e. The number of carbonyl (C=O) groups is 1. The molecule has 2 atom stereocenters. The predicted molar refractivity (Wildman–Crippen MR) is 48.4 cm³/mol. The van der Waals surface area contributed by atoms with Crippen LogP contribution in [-0.2, 0) is 9.53 Å². The third-order valence-corrected chi connectivity index (χ3v) is 2.58. The summed E-state index contributed by atoms with van der Waals surface area (Å²) in [6, 6.07) is 0. The van der Waals surface area contributed by atoms with Crippen LogP contribution in [-0.4, -0.2) is 16.9 Å². The molecule has 0 amide bonds. The first kappa shape index (κ1) is 10.1. The van der Waals surface area contributed by atoms with E-state index in [-0.39, 0.29) is 6.10 Å². The Morgan fingerprint density at radius 3 is 2.58 bits per heavy atom. The zero-order valence-corrected chi connectivity index (χ0v) is 8.44. The summed E-state index contributed by atoms with van der Waals surface area (Å²) >= 11 is 10.7. The second-order valence-corrected chi connectivity index (χ2v) is 4.28. The summed E-state index contributed by atoms with van der Waals surface area (Å²) in [6.07, 6.45) is 3.20. The normalized spacial score (nSPS) is 29.3. The van der Waals surface area contributed by atoms with Crippen LogP contribution in [0.3, 0.4) is 0 Å². The zero-order chi connectivity index (χ0) is 9.14. The third-order valence-electron chi connectivity index (χ3n) is 2.23. The fourth-order valence-electron chi connectivity index (χ4n) is 1.49. The Hall–Kier alpha value is 0.0500. The lowest BCUT2D eigenvalue weighted by atomic mass is 10.1. The molecule has 70 valence electrons. The lowest BCUT2D eigenvalue weighted by molar-refractivity contribution is -0.148. The summed E-state index contributed by atoms with van der Waals surface area (Å²) in [5.74, 6) is -0.0712. The van der Waals surface area contributed by atoms with Gasteiger partial charge in [0.25, 0.3) is 0 Å². The average molecular weight is 211 g/mol. The summed E-state index contributed by atoms with van der Waals surface area (Å²) in [5, 5.41) is 0. The van der Waals surface area contributed by atoms with E-state index in [1.165, 1.54) is 0 Å². The van der Waals surface area contributed by atoms with Crippen molar-refractivity contribution in [2.24, 2.45) is 5.92 Å². The van der Waals surface area contributed by atoms with E-state index in [4.69, 9.17) is 27.9 Å².